The number of aromatic nitrogens is 3. The molecule has 25 heavy (non-hydrogen) atoms. The molecular weight excluding hydrogens is 316 g/mol. The van der Waals surface area contributed by atoms with Gasteiger partial charge in [0.15, 0.2) is 5.82 Å². The van der Waals surface area contributed by atoms with Crippen molar-refractivity contribution in [3.8, 4) is 5.82 Å². The first kappa shape index (κ1) is 15.5. The predicted molar refractivity (Wildman–Crippen MR) is 92.4 cm³/mol. The molecule has 0 bridgehead atoms. The topological polar surface area (TPSA) is 60.2 Å². The van der Waals surface area contributed by atoms with E-state index < -0.39 is 0 Å². The molecule has 1 fully saturated rings. The molecule has 4 rings (SSSR count). The lowest BCUT2D eigenvalue weighted by atomic mass is 10.1. The minimum atomic E-state index is -0.108. The highest BCUT2D eigenvalue weighted by atomic mass is 16.5. The second-order valence-corrected chi connectivity index (χ2v) is 5.85. The van der Waals surface area contributed by atoms with Crippen molar-refractivity contribution in [3.63, 3.8) is 0 Å². The van der Waals surface area contributed by atoms with Crippen molar-refractivity contribution in [2.24, 2.45) is 0 Å². The molecule has 0 spiro atoms. The Balaban J connectivity index is 1.59. The SMILES string of the molecule is O=C(c1cccnc1-n1cccn1)N1CCO[C@@H](c2ccccc2)C1. The fourth-order valence-electron chi connectivity index (χ4n) is 3.01. The van der Waals surface area contributed by atoms with Crippen LogP contribution in [-0.2, 0) is 4.74 Å². The molecule has 1 saturated heterocycles. The maximum absolute atomic E-state index is 13.1. The van der Waals surface area contributed by atoms with Crippen LogP contribution in [0, 0.1) is 0 Å². The van der Waals surface area contributed by atoms with E-state index in [1.165, 1.54) is 0 Å². The Morgan fingerprint density at radius 2 is 1.96 bits per heavy atom. The van der Waals surface area contributed by atoms with Gasteiger partial charge in [0.25, 0.3) is 5.91 Å². The van der Waals surface area contributed by atoms with Crippen LogP contribution in [0.15, 0.2) is 67.1 Å². The zero-order valence-corrected chi connectivity index (χ0v) is 13.7. The molecule has 1 aromatic carbocycles. The Labute approximate surface area is 145 Å². The molecule has 6 nitrogen and oxygen atoms in total. The van der Waals surface area contributed by atoms with Gasteiger partial charge in [-0.1, -0.05) is 30.3 Å². The zero-order chi connectivity index (χ0) is 17.1. The number of amides is 1. The summed E-state index contributed by atoms with van der Waals surface area (Å²) in [5, 5.41) is 4.20. The maximum Gasteiger partial charge on any atom is 0.257 e. The van der Waals surface area contributed by atoms with Crippen LogP contribution in [0.4, 0.5) is 0 Å². The Morgan fingerprint density at radius 3 is 2.76 bits per heavy atom. The lowest BCUT2D eigenvalue weighted by molar-refractivity contribution is -0.0228. The van der Waals surface area contributed by atoms with Gasteiger partial charge >= 0.3 is 0 Å². The van der Waals surface area contributed by atoms with Gasteiger partial charge in [0.2, 0.25) is 0 Å². The van der Waals surface area contributed by atoms with Crippen LogP contribution >= 0.6 is 0 Å². The largest absolute Gasteiger partial charge is 0.370 e. The molecule has 0 saturated carbocycles. The quantitative estimate of drug-likeness (QED) is 0.738. The molecule has 0 aliphatic carbocycles. The zero-order valence-electron chi connectivity index (χ0n) is 13.7. The van der Waals surface area contributed by atoms with Gasteiger partial charge in [-0.05, 0) is 23.8 Å². The third-order valence-electron chi connectivity index (χ3n) is 4.26. The number of pyridine rings is 1. The summed E-state index contributed by atoms with van der Waals surface area (Å²) in [6, 6.07) is 15.4. The molecule has 0 unspecified atom stereocenters. The Kier molecular flexibility index (Phi) is 4.26. The molecule has 6 heteroatoms. The molecule has 2 aromatic heterocycles. The Morgan fingerprint density at radius 1 is 1.08 bits per heavy atom. The third kappa shape index (κ3) is 3.16. The molecule has 3 heterocycles. The fraction of sp³-hybridized carbons (Fsp3) is 0.211. The lowest BCUT2D eigenvalue weighted by Gasteiger charge is -2.33. The summed E-state index contributed by atoms with van der Waals surface area (Å²) in [5.74, 6) is 0.489. The highest BCUT2D eigenvalue weighted by Gasteiger charge is 2.27. The van der Waals surface area contributed by atoms with Crippen LogP contribution in [0.1, 0.15) is 22.0 Å². The van der Waals surface area contributed by atoms with Crippen LogP contribution in [-0.4, -0.2) is 45.3 Å². The van der Waals surface area contributed by atoms with Crippen molar-refractivity contribution in [2.75, 3.05) is 19.7 Å². The normalized spacial score (nSPS) is 17.4. The number of hydrogen-bond acceptors (Lipinski definition) is 4. The van der Waals surface area contributed by atoms with Crippen molar-refractivity contribution in [1.29, 1.82) is 0 Å². The van der Waals surface area contributed by atoms with Crippen LogP contribution in [0.3, 0.4) is 0 Å². The Hall–Kier alpha value is -2.99. The lowest BCUT2D eigenvalue weighted by Crippen LogP contribution is -2.42. The van der Waals surface area contributed by atoms with Crippen LogP contribution in [0.25, 0.3) is 5.82 Å². The molecule has 0 N–H and O–H groups in total. The first-order chi connectivity index (χ1) is 12.3. The van der Waals surface area contributed by atoms with Gasteiger partial charge in [-0.25, -0.2) is 9.67 Å². The second-order valence-electron chi connectivity index (χ2n) is 5.85. The summed E-state index contributed by atoms with van der Waals surface area (Å²) in [7, 11) is 0. The first-order valence-electron chi connectivity index (χ1n) is 8.24. The van der Waals surface area contributed by atoms with E-state index in [2.05, 4.69) is 10.1 Å². The standard InChI is InChI=1S/C19H18N4O2/c24-19(16-8-4-9-20-18(16)23-11-5-10-21-23)22-12-13-25-17(14-22)15-6-2-1-3-7-15/h1-11,17H,12-14H2/t17-/m1/s1. The van der Waals surface area contributed by atoms with Gasteiger partial charge in [0, 0.05) is 25.1 Å². The van der Waals surface area contributed by atoms with Gasteiger partial charge in [-0.3, -0.25) is 4.79 Å². The van der Waals surface area contributed by atoms with E-state index in [-0.39, 0.29) is 12.0 Å². The second kappa shape index (κ2) is 6.86. The van der Waals surface area contributed by atoms with E-state index in [1.807, 2.05) is 41.3 Å². The van der Waals surface area contributed by atoms with Gasteiger partial charge in [-0.2, -0.15) is 5.10 Å². The third-order valence-corrected chi connectivity index (χ3v) is 4.26. The molecule has 3 aromatic rings. The van der Waals surface area contributed by atoms with Crippen molar-refractivity contribution in [1.82, 2.24) is 19.7 Å². The summed E-state index contributed by atoms with van der Waals surface area (Å²) >= 11 is 0. The molecule has 1 amide bonds. The number of nitrogens with zero attached hydrogens (tertiary/aromatic N) is 4. The van der Waals surface area contributed by atoms with Crippen molar-refractivity contribution in [2.45, 2.75) is 6.10 Å². The number of ether oxygens (including phenoxy) is 1. The van der Waals surface area contributed by atoms with E-state index >= 15 is 0 Å². The van der Waals surface area contributed by atoms with Crippen LogP contribution in [0.5, 0.6) is 0 Å². The average molecular weight is 334 g/mol. The number of carbonyl (C=O) groups excluding carboxylic acids is 1. The summed E-state index contributed by atoms with van der Waals surface area (Å²) in [4.78, 5) is 19.2. The van der Waals surface area contributed by atoms with Crippen LogP contribution < -0.4 is 0 Å². The average Bonchev–Trinajstić information content (AvgIpc) is 3.23. The molecule has 1 aliphatic heterocycles. The number of carbonyl (C=O) groups is 1. The summed E-state index contributed by atoms with van der Waals surface area (Å²) in [5.41, 5.74) is 1.62. The van der Waals surface area contributed by atoms with E-state index in [9.17, 15) is 4.79 Å². The smallest absolute Gasteiger partial charge is 0.257 e. The van der Waals surface area contributed by atoms with Crippen molar-refractivity contribution >= 4 is 5.91 Å². The summed E-state index contributed by atoms with van der Waals surface area (Å²) < 4.78 is 7.47. The molecule has 1 atom stereocenters. The number of hydrogen-bond donors (Lipinski definition) is 0. The molecule has 126 valence electrons. The van der Waals surface area contributed by atoms with Gasteiger partial charge in [0.1, 0.15) is 6.10 Å². The van der Waals surface area contributed by atoms with E-state index in [0.29, 0.717) is 31.1 Å². The van der Waals surface area contributed by atoms with E-state index in [4.69, 9.17) is 4.74 Å². The minimum Gasteiger partial charge on any atom is -0.370 e. The van der Waals surface area contributed by atoms with Crippen molar-refractivity contribution in [3.05, 3.63) is 78.2 Å². The summed E-state index contributed by atoms with van der Waals surface area (Å²) in [6.45, 7) is 1.61. The molecule has 0 radical (unpaired) electrons. The predicted octanol–water partition coefficient (Wildman–Crippen LogP) is 2.48. The summed E-state index contributed by atoms with van der Waals surface area (Å²) in [6.07, 6.45) is 5.01. The van der Waals surface area contributed by atoms with E-state index in [1.54, 1.807) is 35.4 Å². The fourth-order valence-corrected chi connectivity index (χ4v) is 3.01. The molecular formula is C19H18N4O2. The van der Waals surface area contributed by atoms with Gasteiger partial charge in [0.05, 0.1) is 18.7 Å². The van der Waals surface area contributed by atoms with Gasteiger partial charge < -0.3 is 9.64 Å². The van der Waals surface area contributed by atoms with Crippen molar-refractivity contribution < 1.29 is 9.53 Å². The van der Waals surface area contributed by atoms with Gasteiger partial charge in [-0.15, -0.1) is 0 Å². The Bertz CT molecular complexity index is 849. The van der Waals surface area contributed by atoms with Crippen LogP contribution in [0.2, 0.25) is 0 Å². The highest BCUT2D eigenvalue weighted by molar-refractivity contribution is 5.97. The first-order valence-corrected chi connectivity index (χ1v) is 8.24. The van der Waals surface area contributed by atoms with E-state index in [0.717, 1.165) is 5.56 Å². The monoisotopic (exact) mass is 334 g/mol. The number of morpholine rings is 1. The molecule has 1 aliphatic rings. The minimum absolute atomic E-state index is 0.0529. The number of rotatable bonds is 3. The maximum atomic E-state index is 13.1. The highest BCUT2D eigenvalue weighted by Crippen LogP contribution is 2.24. The number of benzene rings is 1.